The summed E-state index contributed by atoms with van der Waals surface area (Å²) in [5.74, 6) is -1.41. The highest BCUT2D eigenvalue weighted by molar-refractivity contribution is 9.10. The third-order valence-electron chi connectivity index (χ3n) is 3.87. The molecule has 0 spiro atoms. The van der Waals surface area contributed by atoms with Gasteiger partial charge < -0.3 is 10.6 Å². The lowest BCUT2D eigenvalue weighted by molar-refractivity contribution is -0.136. The van der Waals surface area contributed by atoms with Gasteiger partial charge in [0.15, 0.2) is 0 Å². The van der Waals surface area contributed by atoms with Gasteiger partial charge >= 0.3 is 11.8 Å². The van der Waals surface area contributed by atoms with Crippen LogP contribution in [0, 0.1) is 0 Å². The lowest BCUT2D eigenvalue weighted by Gasteiger charge is -2.19. The van der Waals surface area contributed by atoms with E-state index in [1.165, 1.54) is 0 Å². The molecule has 0 aliphatic rings. The first kappa shape index (κ1) is 17.9. The third kappa shape index (κ3) is 4.37. The highest BCUT2D eigenvalue weighted by atomic mass is 79.9. The summed E-state index contributed by atoms with van der Waals surface area (Å²) in [5.41, 5.74) is 2.35. The Kier molecular flexibility index (Phi) is 5.81. The fourth-order valence-corrected chi connectivity index (χ4v) is 2.97. The van der Waals surface area contributed by atoms with Gasteiger partial charge in [-0.15, -0.1) is 0 Å². The van der Waals surface area contributed by atoms with E-state index in [1.54, 1.807) is 18.2 Å². The summed E-state index contributed by atoms with van der Waals surface area (Å²) in [6, 6.07) is 25.8. The Morgan fingerprint density at radius 2 is 1.19 bits per heavy atom. The smallest absolute Gasteiger partial charge is 0.313 e. The molecule has 0 aliphatic heterocycles. The molecule has 0 fully saturated rings. The SMILES string of the molecule is O=C(Nc1ccccc1Br)C(=O)NC(c1ccccc1)c1ccccc1. The standard InChI is InChI=1S/C21H17BrN2O2/c22-17-13-7-8-14-18(17)23-20(25)21(26)24-19(15-9-3-1-4-10-15)16-11-5-2-6-12-16/h1-14,19H,(H,23,25)(H,24,26). The first-order valence-electron chi connectivity index (χ1n) is 8.11. The number of hydrogen-bond donors (Lipinski definition) is 2. The van der Waals surface area contributed by atoms with Crippen LogP contribution in [0.25, 0.3) is 0 Å². The average molecular weight is 409 g/mol. The zero-order chi connectivity index (χ0) is 18.4. The van der Waals surface area contributed by atoms with Crippen LogP contribution < -0.4 is 10.6 Å². The molecule has 4 nitrogen and oxygen atoms in total. The van der Waals surface area contributed by atoms with Gasteiger partial charge in [0.2, 0.25) is 0 Å². The minimum Gasteiger partial charge on any atom is -0.337 e. The Morgan fingerprint density at radius 1 is 0.692 bits per heavy atom. The van der Waals surface area contributed by atoms with Gasteiger partial charge in [0.1, 0.15) is 0 Å². The molecule has 0 aromatic heterocycles. The van der Waals surface area contributed by atoms with E-state index in [0.29, 0.717) is 10.2 Å². The lowest BCUT2D eigenvalue weighted by atomic mass is 9.99. The van der Waals surface area contributed by atoms with E-state index in [-0.39, 0.29) is 0 Å². The Hall–Kier alpha value is -2.92. The van der Waals surface area contributed by atoms with Crippen molar-refractivity contribution in [2.75, 3.05) is 5.32 Å². The first-order chi connectivity index (χ1) is 12.6. The molecule has 3 aromatic carbocycles. The fourth-order valence-electron chi connectivity index (χ4n) is 2.59. The molecule has 0 saturated carbocycles. The van der Waals surface area contributed by atoms with Crippen molar-refractivity contribution >= 4 is 33.4 Å². The van der Waals surface area contributed by atoms with Crippen LogP contribution in [0.15, 0.2) is 89.4 Å². The molecule has 0 aliphatic carbocycles. The summed E-state index contributed by atoms with van der Waals surface area (Å²) < 4.78 is 0.712. The molecule has 0 saturated heterocycles. The molecular weight excluding hydrogens is 392 g/mol. The van der Waals surface area contributed by atoms with Crippen LogP contribution in [-0.2, 0) is 9.59 Å². The van der Waals surface area contributed by atoms with Gasteiger partial charge in [0.25, 0.3) is 0 Å². The lowest BCUT2D eigenvalue weighted by Crippen LogP contribution is -2.38. The maximum Gasteiger partial charge on any atom is 0.313 e. The van der Waals surface area contributed by atoms with E-state index in [1.807, 2.05) is 66.7 Å². The van der Waals surface area contributed by atoms with Crippen LogP contribution in [0.2, 0.25) is 0 Å². The average Bonchev–Trinajstić information content (AvgIpc) is 2.69. The number of carbonyl (C=O) groups excluding carboxylic acids is 2. The van der Waals surface area contributed by atoms with E-state index < -0.39 is 17.9 Å². The maximum absolute atomic E-state index is 12.5. The van der Waals surface area contributed by atoms with Crippen LogP contribution >= 0.6 is 15.9 Å². The van der Waals surface area contributed by atoms with Gasteiger partial charge in [-0.2, -0.15) is 0 Å². The summed E-state index contributed by atoms with van der Waals surface area (Å²) >= 11 is 3.35. The molecule has 0 radical (unpaired) electrons. The topological polar surface area (TPSA) is 58.2 Å². The number of hydrogen-bond acceptors (Lipinski definition) is 2. The van der Waals surface area contributed by atoms with Crippen LogP contribution in [0.1, 0.15) is 17.2 Å². The maximum atomic E-state index is 12.5. The Balaban J connectivity index is 1.79. The van der Waals surface area contributed by atoms with Crippen molar-refractivity contribution in [3.63, 3.8) is 0 Å². The van der Waals surface area contributed by atoms with E-state index in [9.17, 15) is 9.59 Å². The summed E-state index contributed by atoms with van der Waals surface area (Å²) in [7, 11) is 0. The number of carbonyl (C=O) groups is 2. The zero-order valence-corrected chi connectivity index (χ0v) is 15.4. The summed E-state index contributed by atoms with van der Waals surface area (Å²) in [6.07, 6.45) is 0. The number of amides is 2. The number of nitrogens with one attached hydrogen (secondary N) is 2. The molecule has 0 bridgehead atoms. The monoisotopic (exact) mass is 408 g/mol. The third-order valence-corrected chi connectivity index (χ3v) is 4.56. The predicted molar refractivity (Wildman–Crippen MR) is 106 cm³/mol. The van der Waals surface area contributed by atoms with Crippen molar-refractivity contribution in [3.8, 4) is 0 Å². The second-order valence-electron chi connectivity index (χ2n) is 5.66. The van der Waals surface area contributed by atoms with Gasteiger partial charge in [-0.25, -0.2) is 0 Å². The van der Waals surface area contributed by atoms with Gasteiger partial charge in [-0.3, -0.25) is 9.59 Å². The molecule has 0 heterocycles. The molecule has 2 N–H and O–H groups in total. The number of rotatable bonds is 4. The Morgan fingerprint density at radius 3 is 1.73 bits per heavy atom. The molecule has 2 amide bonds. The van der Waals surface area contributed by atoms with Crippen molar-refractivity contribution in [2.45, 2.75) is 6.04 Å². The normalized spacial score (nSPS) is 10.4. The zero-order valence-electron chi connectivity index (χ0n) is 13.9. The van der Waals surface area contributed by atoms with Crippen molar-refractivity contribution in [1.82, 2.24) is 5.32 Å². The van der Waals surface area contributed by atoms with Crippen LogP contribution in [0.5, 0.6) is 0 Å². The fraction of sp³-hybridized carbons (Fsp3) is 0.0476. The summed E-state index contributed by atoms with van der Waals surface area (Å²) in [5, 5.41) is 5.44. The van der Waals surface area contributed by atoms with E-state index in [0.717, 1.165) is 11.1 Å². The minimum atomic E-state index is -0.714. The highest BCUT2D eigenvalue weighted by Crippen LogP contribution is 2.23. The number of para-hydroxylation sites is 1. The largest absolute Gasteiger partial charge is 0.337 e. The molecular formula is C21H17BrN2O2. The quantitative estimate of drug-likeness (QED) is 0.632. The van der Waals surface area contributed by atoms with Gasteiger partial charge in [0, 0.05) is 4.47 Å². The van der Waals surface area contributed by atoms with Gasteiger partial charge in [0.05, 0.1) is 11.7 Å². The number of benzene rings is 3. The van der Waals surface area contributed by atoms with Crippen LogP contribution in [0.3, 0.4) is 0 Å². The number of anilines is 1. The molecule has 3 aromatic rings. The molecule has 26 heavy (non-hydrogen) atoms. The summed E-state index contributed by atoms with van der Waals surface area (Å²) in [4.78, 5) is 24.8. The predicted octanol–water partition coefficient (Wildman–Crippen LogP) is 4.29. The van der Waals surface area contributed by atoms with Gasteiger partial charge in [-0.1, -0.05) is 72.8 Å². The first-order valence-corrected chi connectivity index (χ1v) is 8.90. The second-order valence-corrected chi connectivity index (χ2v) is 6.52. The van der Waals surface area contributed by atoms with Gasteiger partial charge in [-0.05, 0) is 39.2 Å². The van der Waals surface area contributed by atoms with E-state index in [4.69, 9.17) is 0 Å². The molecule has 130 valence electrons. The van der Waals surface area contributed by atoms with Crippen LogP contribution in [-0.4, -0.2) is 11.8 Å². The van der Waals surface area contributed by atoms with Crippen molar-refractivity contribution in [3.05, 3.63) is 101 Å². The summed E-state index contributed by atoms with van der Waals surface area (Å²) in [6.45, 7) is 0. The van der Waals surface area contributed by atoms with Crippen molar-refractivity contribution in [2.24, 2.45) is 0 Å². The van der Waals surface area contributed by atoms with Crippen molar-refractivity contribution in [1.29, 1.82) is 0 Å². The molecule has 5 heteroatoms. The minimum absolute atomic E-state index is 0.408. The number of halogens is 1. The molecule has 0 atom stereocenters. The van der Waals surface area contributed by atoms with E-state index in [2.05, 4.69) is 26.6 Å². The Bertz CT molecular complexity index is 859. The van der Waals surface area contributed by atoms with Crippen LogP contribution in [0.4, 0.5) is 5.69 Å². The Labute approximate surface area is 160 Å². The van der Waals surface area contributed by atoms with Crippen molar-refractivity contribution < 1.29 is 9.59 Å². The second kappa shape index (κ2) is 8.45. The molecule has 3 rings (SSSR count). The molecule has 0 unspecified atom stereocenters. The highest BCUT2D eigenvalue weighted by Gasteiger charge is 2.21. The van der Waals surface area contributed by atoms with E-state index >= 15 is 0 Å².